The number of rotatable bonds is 2. The summed E-state index contributed by atoms with van der Waals surface area (Å²) in [5.41, 5.74) is 0.944. The van der Waals surface area contributed by atoms with E-state index in [1.807, 2.05) is 12.3 Å². The van der Waals surface area contributed by atoms with Gasteiger partial charge in [-0.05, 0) is 20.8 Å². The van der Waals surface area contributed by atoms with E-state index in [4.69, 9.17) is 0 Å². The molecule has 0 aliphatic carbocycles. The summed E-state index contributed by atoms with van der Waals surface area (Å²) < 4.78 is 0. The Hall–Kier alpha value is -1.43. The van der Waals surface area contributed by atoms with Crippen LogP contribution in [0, 0.1) is 6.92 Å². The normalized spacial score (nSPS) is 25.0. The van der Waals surface area contributed by atoms with Crippen LogP contribution in [0.4, 0.5) is 0 Å². The molecular weight excluding hydrogens is 238 g/mol. The van der Waals surface area contributed by atoms with Crippen LogP contribution in [-0.4, -0.2) is 33.8 Å². The summed E-state index contributed by atoms with van der Waals surface area (Å²) in [6.07, 6.45) is 0. The standard InChI is InChI=1S/C11H15N3O2S/c1-6-5-17-9(12-6)4-14-8(3)10(15)13-7(2)11(14)16/h5,7-8H,4H2,1-3H3,(H,13,15). The Labute approximate surface area is 104 Å². The molecule has 92 valence electrons. The summed E-state index contributed by atoms with van der Waals surface area (Å²) in [5, 5.41) is 5.46. The molecule has 1 fully saturated rings. The summed E-state index contributed by atoms with van der Waals surface area (Å²) >= 11 is 1.51. The van der Waals surface area contributed by atoms with E-state index in [1.165, 1.54) is 11.3 Å². The third-order valence-electron chi connectivity index (χ3n) is 2.83. The first-order valence-corrected chi connectivity index (χ1v) is 6.39. The smallest absolute Gasteiger partial charge is 0.245 e. The van der Waals surface area contributed by atoms with Crippen LogP contribution in [0.5, 0.6) is 0 Å². The molecule has 1 aliphatic rings. The van der Waals surface area contributed by atoms with Gasteiger partial charge in [0.1, 0.15) is 17.1 Å². The first kappa shape index (κ1) is 12.0. The highest BCUT2D eigenvalue weighted by Crippen LogP contribution is 2.17. The number of carbonyl (C=O) groups excluding carboxylic acids is 2. The zero-order valence-corrected chi connectivity index (χ0v) is 10.9. The Morgan fingerprint density at radius 3 is 2.76 bits per heavy atom. The van der Waals surface area contributed by atoms with E-state index in [2.05, 4.69) is 10.3 Å². The van der Waals surface area contributed by atoms with Crippen molar-refractivity contribution >= 4 is 23.2 Å². The SMILES string of the molecule is Cc1csc(CN2C(=O)C(C)NC(=O)C2C)n1. The number of aryl methyl sites for hydroxylation is 1. The monoisotopic (exact) mass is 253 g/mol. The molecule has 2 unspecified atom stereocenters. The van der Waals surface area contributed by atoms with Crippen molar-refractivity contribution in [3.05, 3.63) is 16.1 Å². The van der Waals surface area contributed by atoms with Crippen molar-refractivity contribution < 1.29 is 9.59 Å². The number of amides is 2. The number of nitrogens with zero attached hydrogens (tertiary/aromatic N) is 2. The minimum Gasteiger partial charge on any atom is -0.343 e. The maximum atomic E-state index is 12.0. The van der Waals surface area contributed by atoms with Gasteiger partial charge in [0.2, 0.25) is 11.8 Å². The topological polar surface area (TPSA) is 62.3 Å². The second-order valence-corrected chi connectivity index (χ2v) is 5.20. The zero-order valence-electron chi connectivity index (χ0n) is 10.1. The lowest BCUT2D eigenvalue weighted by Crippen LogP contribution is -2.60. The van der Waals surface area contributed by atoms with E-state index in [-0.39, 0.29) is 11.8 Å². The average Bonchev–Trinajstić information content (AvgIpc) is 2.68. The molecule has 1 N–H and O–H groups in total. The predicted octanol–water partition coefficient (Wildman–Crippen LogP) is 0.687. The lowest BCUT2D eigenvalue weighted by molar-refractivity contribution is -0.148. The van der Waals surface area contributed by atoms with Crippen molar-refractivity contribution in [2.75, 3.05) is 0 Å². The summed E-state index contributed by atoms with van der Waals surface area (Å²) in [6.45, 7) is 5.76. The Balaban J connectivity index is 2.17. The molecule has 1 aliphatic heterocycles. The number of hydrogen-bond acceptors (Lipinski definition) is 4. The molecule has 0 bridgehead atoms. The van der Waals surface area contributed by atoms with E-state index in [1.54, 1.807) is 18.7 Å². The van der Waals surface area contributed by atoms with Gasteiger partial charge in [0.05, 0.1) is 6.54 Å². The van der Waals surface area contributed by atoms with Crippen LogP contribution in [-0.2, 0) is 16.1 Å². The predicted molar refractivity (Wildman–Crippen MR) is 64.5 cm³/mol. The third-order valence-corrected chi connectivity index (χ3v) is 3.78. The average molecular weight is 253 g/mol. The van der Waals surface area contributed by atoms with Gasteiger partial charge in [0.15, 0.2) is 0 Å². The number of carbonyl (C=O) groups is 2. The lowest BCUT2D eigenvalue weighted by atomic mass is 10.1. The van der Waals surface area contributed by atoms with Crippen LogP contribution in [0.2, 0.25) is 0 Å². The molecule has 0 aromatic carbocycles. The van der Waals surface area contributed by atoms with Crippen molar-refractivity contribution in [1.82, 2.24) is 15.2 Å². The van der Waals surface area contributed by atoms with Gasteiger partial charge >= 0.3 is 0 Å². The highest BCUT2D eigenvalue weighted by Gasteiger charge is 2.35. The molecule has 5 nitrogen and oxygen atoms in total. The third kappa shape index (κ3) is 2.31. The summed E-state index contributed by atoms with van der Waals surface area (Å²) in [6, 6.07) is -0.873. The van der Waals surface area contributed by atoms with Gasteiger partial charge in [-0.3, -0.25) is 9.59 Å². The van der Waals surface area contributed by atoms with Gasteiger partial charge in [0, 0.05) is 11.1 Å². The Morgan fingerprint density at radius 2 is 2.18 bits per heavy atom. The first-order valence-electron chi connectivity index (χ1n) is 5.51. The van der Waals surface area contributed by atoms with Crippen LogP contribution >= 0.6 is 11.3 Å². The van der Waals surface area contributed by atoms with Crippen molar-refractivity contribution in [1.29, 1.82) is 0 Å². The Kier molecular flexibility index (Phi) is 3.15. The van der Waals surface area contributed by atoms with E-state index >= 15 is 0 Å². The van der Waals surface area contributed by atoms with E-state index < -0.39 is 12.1 Å². The number of thiazole rings is 1. The second kappa shape index (κ2) is 4.44. The molecule has 17 heavy (non-hydrogen) atoms. The van der Waals surface area contributed by atoms with Crippen LogP contribution in [0.25, 0.3) is 0 Å². The molecule has 1 aromatic heterocycles. The maximum Gasteiger partial charge on any atom is 0.245 e. The van der Waals surface area contributed by atoms with Gasteiger partial charge in [-0.25, -0.2) is 4.98 Å². The number of hydrogen-bond donors (Lipinski definition) is 1. The van der Waals surface area contributed by atoms with Crippen LogP contribution in [0.3, 0.4) is 0 Å². The highest BCUT2D eigenvalue weighted by atomic mass is 32.1. The van der Waals surface area contributed by atoms with Gasteiger partial charge in [-0.1, -0.05) is 0 Å². The fourth-order valence-corrected chi connectivity index (χ4v) is 2.58. The molecule has 2 rings (SSSR count). The minimum atomic E-state index is -0.445. The van der Waals surface area contributed by atoms with Crippen LogP contribution in [0.15, 0.2) is 5.38 Å². The summed E-state index contributed by atoms with van der Waals surface area (Å²) in [7, 11) is 0. The fraction of sp³-hybridized carbons (Fsp3) is 0.545. The quantitative estimate of drug-likeness (QED) is 0.843. The van der Waals surface area contributed by atoms with Gasteiger partial charge in [-0.2, -0.15) is 0 Å². The van der Waals surface area contributed by atoms with E-state index in [0.29, 0.717) is 6.54 Å². The molecule has 2 heterocycles. The zero-order chi connectivity index (χ0) is 12.6. The van der Waals surface area contributed by atoms with Crippen molar-refractivity contribution in [3.8, 4) is 0 Å². The molecule has 6 heteroatoms. The van der Waals surface area contributed by atoms with Crippen LogP contribution < -0.4 is 5.32 Å². The number of aromatic nitrogens is 1. The lowest BCUT2D eigenvalue weighted by Gasteiger charge is -2.35. The highest BCUT2D eigenvalue weighted by molar-refractivity contribution is 7.09. The maximum absolute atomic E-state index is 12.0. The van der Waals surface area contributed by atoms with Gasteiger partial charge in [0.25, 0.3) is 0 Å². The van der Waals surface area contributed by atoms with Gasteiger partial charge in [-0.15, -0.1) is 11.3 Å². The van der Waals surface area contributed by atoms with E-state index in [0.717, 1.165) is 10.7 Å². The summed E-state index contributed by atoms with van der Waals surface area (Å²) in [4.78, 5) is 29.5. The fourth-order valence-electron chi connectivity index (χ4n) is 1.81. The van der Waals surface area contributed by atoms with Crippen molar-refractivity contribution in [3.63, 3.8) is 0 Å². The van der Waals surface area contributed by atoms with Crippen LogP contribution in [0.1, 0.15) is 24.5 Å². The van der Waals surface area contributed by atoms with Gasteiger partial charge < -0.3 is 10.2 Å². The number of piperazine rings is 1. The molecular formula is C11H15N3O2S. The summed E-state index contributed by atoms with van der Waals surface area (Å²) in [5.74, 6) is -0.157. The molecule has 0 saturated carbocycles. The van der Waals surface area contributed by atoms with Crippen molar-refractivity contribution in [2.24, 2.45) is 0 Å². The molecule has 2 amide bonds. The molecule has 2 atom stereocenters. The number of nitrogens with one attached hydrogen (secondary N) is 1. The Bertz CT molecular complexity index is 457. The Morgan fingerprint density at radius 1 is 1.47 bits per heavy atom. The largest absolute Gasteiger partial charge is 0.343 e. The molecule has 0 radical (unpaired) electrons. The molecule has 0 spiro atoms. The first-order chi connectivity index (χ1) is 7.99. The molecule has 1 saturated heterocycles. The second-order valence-electron chi connectivity index (χ2n) is 4.26. The van der Waals surface area contributed by atoms with Crippen molar-refractivity contribution in [2.45, 2.75) is 39.4 Å². The molecule has 1 aromatic rings. The van der Waals surface area contributed by atoms with E-state index in [9.17, 15) is 9.59 Å². The minimum absolute atomic E-state index is 0.0510.